The predicted octanol–water partition coefficient (Wildman–Crippen LogP) is 3.09. The summed E-state index contributed by atoms with van der Waals surface area (Å²) in [5.41, 5.74) is 9.82. The van der Waals surface area contributed by atoms with Gasteiger partial charge in [0.1, 0.15) is 11.5 Å². The van der Waals surface area contributed by atoms with E-state index in [1.165, 1.54) is 24.0 Å². The first-order valence-corrected chi connectivity index (χ1v) is 7.02. The van der Waals surface area contributed by atoms with Crippen LogP contribution in [0.3, 0.4) is 0 Å². The van der Waals surface area contributed by atoms with Crippen molar-refractivity contribution in [2.24, 2.45) is 5.73 Å². The highest BCUT2D eigenvalue weighted by atomic mass is 16.5. The van der Waals surface area contributed by atoms with E-state index in [0.29, 0.717) is 6.54 Å². The van der Waals surface area contributed by atoms with Gasteiger partial charge < -0.3 is 15.2 Å². The monoisotopic (exact) mass is 263 g/mol. The van der Waals surface area contributed by atoms with E-state index in [9.17, 15) is 0 Å². The van der Waals surface area contributed by atoms with Gasteiger partial charge in [0.15, 0.2) is 0 Å². The van der Waals surface area contributed by atoms with Crippen LogP contribution in [0, 0.1) is 13.8 Å². The topological polar surface area (TPSA) is 44.5 Å². The van der Waals surface area contributed by atoms with Gasteiger partial charge in [0.25, 0.3) is 0 Å². The van der Waals surface area contributed by atoms with Crippen molar-refractivity contribution in [3.8, 4) is 11.5 Å². The number of nitrogens with two attached hydrogens (primary N) is 1. The zero-order chi connectivity index (χ0) is 14.0. The Labute approximate surface area is 116 Å². The molecule has 3 heteroatoms. The molecule has 1 aliphatic rings. The Morgan fingerprint density at radius 1 is 1.16 bits per heavy atom. The van der Waals surface area contributed by atoms with Crippen molar-refractivity contribution in [3.05, 3.63) is 22.8 Å². The van der Waals surface area contributed by atoms with E-state index in [1.54, 1.807) is 14.2 Å². The van der Waals surface area contributed by atoms with E-state index >= 15 is 0 Å². The van der Waals surface area contributed by atoms with Gasteiger partial charge in [-0.05, 0) is 38.3 Å². The van der Waals surface area contributed by atoms with Crippen molar-refractivity contribution in [3.63, 3.8) is 0 Å². The van der Waals surface area contributed by atoms with Gasteiger partial charge in [-0.2, -0.15) is 0 Å². The predicted molar refractivity (Wildman–Crippen MR) is 78.2 cm³/mol. The Hall–Kier alpha value is -1.22. The van der Waals surface area contributed by atoms with Crippen molar-refractivity contribution >= 4 is 0 Å². The Kier molecular flexibility index (Phi) is 4.04. The average molecular weight is 263 g/mol. The zero-order valence-electron chi connectivity index (χ0n) is 12.5. The maximum absolute atomic E-state index is 6.13. The van der Waals surface area contributed by atoms with E-state index in [1.807, 2.05) is 0 Å². The molecule has 3 nitrogen and oxygen atoms in total. The first-order chi connectivity index (χ1) is 9.09. The van der Waals surface area contributed by atoms with E-state index in [4.69, 9.17) is 15.2 Å². The third-order valence-corrected chi connectivity index (χ3v) is 4.58. The van der Waals surface area contributed by atoms with Crippen LogP contribution in [0.5, 0.6) is 11.5 Å². The fraction of sp³-hybridized carbons (Fsp3) is 0.625. The van der Waals surface area contributed by atoms with Crippen molar-refractivity contribution in [1.82, 2.24) is 0 Å². The summed E-state index contributed by atoms with van der Waals surface area (Å²) in [7, 11) is 3.44. The molecule has 1 aromatic rings. The Morgan fingerprint density at radius 3 is 2.26 bits per heavy atom. The second kappa shape index (κ2) is 5.41. The van der Waals surface area contributed by atoms with Crippen molar-refractivity contribution in [2.45, 2.75) is 44.9 Å². The Morgan fingerprint density at radius 2 is 1.79 bits per heavy atom. The molecule has 19 heavy (non-hydrogen) atoms. The van der Waals surface area contributed by atoms with E-state index in [2.05, 4.69) is 19.9 Å². The SMILES string of the molecule is COc1cc(C)c(C2(CN)CCCC2)c(OC)c1C. The molecule has 1 fully saturated rings. The van der Waals surface area contributed by atoms with Gasteiger partial charge >= 0.3 is 0 Å². The molecule has 0 radical (unpaired) electrons. The Bertz CT molecular complexity index is 462. The van der Waals surface area contributed by atoms with Crippen LogP contribution in [0.2, 0.25) is 0 Å². The van der Waals surface area contributed by atoms with Crippen molar-refractivity contribution in [2.75, 3.05) is 20.8 Å². The number of hydrogen-bond acceptors (Lipinski definition) is 3. The summed E-state index contributed by atoms with van der Waals surface area (Å²) in [6.45, 7) is 4.88. The lowest BCUT2D eigenvalue weighted by molar-refractivity contribution is 0.362. The normalized spacial score (nSPS) is 17.5. The largest absolute Gasteiger partial charge is 0.496 e. The van der Waals surface area contributed by atoms with Gasteiger partial charge in [-0.1, -0.05) is 12.8 Å². The molecule has 0 amide bonds. The number of methoxy groups -OCH3 is 2. The van der Waals surface area contributed by atoms with E-state index < -0.39 is 0 Å². The summed E-state index contributed by atoms with van der Waals surface area (Å²) in [6.07, 6.45) is 4.83. The summed E-state index contributed by atoms with van der Waals surface area (Å²) in [4.78, 5) is 0. The molecule has 0 bridgehead atoms. The smallest absolute Gasteiger partial charge is 0.129 e. The lowest BCUT2D eigenvalue weighted by atomic mass is 9.75. The average Bonchev–Trinajstić information content (AvgIpc) is 2.90. The number of rotatable bonds is 4. The molecule has 0 aliphatic heterocycles. The van der Waals surface area contributed by atoms with Crippen LogP contribution in [0.15, 0.2) is 6.07 Å². The summed E-state index contributed by atoms with van der Waals surface area (Å²) in [5.74, 6) is 1.85. The van der Waals surface area contributed by atoms with Gasteiger partial charge in [-0.15, -0.1) is 0 Å². The van der Waals surface area contributed by atoms with Gasteiger partial charge in [0.05, 0.1) is 14.2 Å². The van der Waals surface area contributed by atoms with Crippen molar-refractivity contribution < 1.29 is 9.47 Å². The summed E-state index contributed by atoms with van der Waals surface area (Å²) in [5, 5.41) is 0. The third-order valence-electron chi connectivity index (χ3n) is 4.58. The van der Waals surface area contributed by atoms with E-state index in [0.717, 1.165) is 29.9 Å². The van der Waals surface area contributed by atoms with Gasteiger partial charge in [-0.25, -0.2) is 0 Å². The minimum absolute atomic E-state index is 0.0897. The third kappa shape index (κ3) is 2.20. The molecule has 1 aromatic carbocycles. The minimum atomic E-state index is 0.0897. The van der Waals surface area contributed by atoms with Crippen LogP contribution >= 0.6 is 0 Å². The van der Waals surface area contributed by atoms with Crippen molar-refractivity contribution in [1.29, 1.82) is 0 Å². The summed E-state index contributed by atoms with van der Waals surface area (Å²) in [6, 6.07) is 2.11. The summed E-state index contributed by atoms with van der Waals surface area (Å²) >= 11 is 0. The summed E-state index contributed by atoms with van der Waals surface area (Å²) < 4.78 is 11.1. The van der Waals surface area contributed by atoms with Crippen LogP contribution in [0.25, 0.3) is 0 Å². The maximum Gasteiger partial charge on any atom is 0.129 e. The number of benzene rings is 1. The van der Waals surface area contributed by atoms with Gasteiger partial charge in [0, 0.05) is 23.1 Å². The van der Waals surface area contributed by atoms with Crippen LogP contribution in [-0.4, -0.2) is 20.8 Å². The standard InChI is InChI=1S/C16H25NO2/c1-11-9-13(18-3)12(2)15(19-4)14(11)16(10-17)7-5-6-8-16/h9H,5-8,10,17H2,1-4H3. The highest BCUT2D eigenvalue weighted by Gasteiger charge is 2.38. The molecule has 0 aromatic heterocycles. The van der Waals surface area contributed by atoms with Crippen LogP contribution < -0.4 is 15.2 Å². The maximum atomic E-state index is 6.13. The first kappa shape index (κ1) is 14.2. The lowest BCUT2D eigenvalue weighted by Gasteiger charge is -2.32. The molecule has 2 N–H and O–H groups in total. The molecule has 0 heterocycles. The highest BCUT2D eigenvalue weighted by Crippen LogP contribution is 2.48. The molecular weight excluding hydrogens is 238 g/mol. The van der Waals surface area contributed by atoms with Crippen LogP contribution in [0.1, 0.15) is 42.4 Å². The number of ether oxygens (including phenoxy) is 2. The molecule has 0 atom stereocenters. The second-order valence-electron chi connectivity index (χ2n) is 5.62. The molecule has 1 aliphatic carbocycles. The van der Waals surface area contributed by atoms with E-state index in [-0.39, 0.29) is 5.41 Å². The lowest BCUT2D eigenvalue weighted by Crippen LogP contribution is -2.33. The molecule has 0 spiro atoms. The van der Waals surface area contributed by atoms with Crippen LogP contribution in [0.4, 0.5) is 0 Å². The first-order valence-electron chi connectivity index (χ1n) is 7.02. The fourth-order valence-corrected chi connectivity index (χ4v) is 3.59. The number of hydrogen-bond donors (Lipinski definition) is 1. The molecule has 0 saturated heterocycles. The van der Waals surface area contributed by atoms with Gasteiger partial charge in [0.2, 0.25) is 0 Å². The molecule has 106 valence electrons. The van der Waals surface area contributed by atoms with Gasteiger partial charge in [-0.3, -0.25) is 0 Å². The zero-order valence-corrected chi connectivity index (χ0v) is 12.5. The Balaban J connectivity index is 2.65. The molecule has 0 unspecified atom stereocenters. The number of aryl methyl sites for hydroxylation is 1. The minimum Gasteiger partial charge on any atom is -0.496 e. The molecular formula is C16H25NO2. The molecule has 2 rings (SSSR count). The molecule has 1 saturated carbocycles. The second-order valence-corrected chi connectivity index (χ2v) is 5.62. The van der Waals surface area contributed by atoms with Crippen LogP contribution in [-0.2, 0) is 5.41 Å². The fourth-order valence-electron chi connectivity index (χ4n) is 3.59. The quantitative estimate of drug-likeness (QED) is 0.908. The highest BCUT2D eigenvalue weighted by molar-refractivity contribution is 5.56.